The topological polar surface area (TPSA) is 62.1 Å². The van der Waals surface area contributed by atoms with E-state index in [4.69, 9.17) is 21.6 Å². The lowest BCUT2D eigenvalue weighted by molar-refractivity contribution is -0.118. The van der Waals surface area contributed by atoms with E-state index in [2.05, 4.69) is 5.32 Å². The lowest BCUT2D eigenvalue weighted by atomic mass is 10.2. The van der Waals surface area contributed by atoms with Gasteiger partial charge in [0, 0.05) is 0 Å². The van der Waals surface area contributed by atoms with Crippen molar-refractivity contribution < 1.29 is 9.53 Å². The zero-order valence-electron chi connectivity index (χ0n) is 11.4. The van der Waals surface area contributed by atoms with Crippen LogP contribution in [0.5, 0.6) is 5.75 Å². The molecule has 2 aromatic carbocycles. The molecule has 5 heteroatoms. The Balaban J connectivity index is 1.94. The van der Waals surface area contributed by atoms with E-state index in [0.717, 1.165) is 5.56 Å². The average Bonchev–Trinajstić information content (AvgIpc) is 2.48. The minimum atomic E-state index is -0.317. The summed E-state index contributed by atoms with van der Waals surface area (Å²) in [5.74, 6) is 0.155. The van der Waals surface area contributed by atoms with Crippen molar-refractivity contribution in [2.24, 2.45) is 0 Å². The monoisotopic (exact) mass is 300 g/mol. The predicted molar refractivity (Wildman–Crippen MR) is 81.5 cm³/mol. The highest BCUT2D eigenvalue weighted by Gasteiger charge is 2.07. The van der Waals surface area contributed by atoms with Gasteiger partial charge in [0.1, 0.15) is 5.75 Å². The average molecular weight is 301 g/mol. The van der Waals surface area contributed by atoms with Crippen molar-refractivity contribution in [3.8, 4) is 11.8 Å². The summed E-state index contributed by atoms with van der Waals surface area (Å²) in [6, 6.07) is 14.0. The Bertz CT molecular complexity index is 708. The highest BCUT2D eigenvalue weighted by molar-refractivity contribution is 6.33. The smallest absolute Gasteiger partial charge is 0.262 e. The number of ether oxygens (including phenoxy) is 1. The van der Waals surface area contributed by atoms with Gasteiger partial charge in [0.05, 0.1) is 22.3 Å². The zero-order valence-corrected chi connectivity index (χ0v) is 12.1. The summed E-state index contributed by atoms with van der Waals surface area (Å²) < 4.78 is 5.34. The number of nitrogens with one attached hydrogen (secondary N) is 1. The molecular weight excluding hydrogens is 288 g/mol. The molecule has 0 radical (unpaired) electrons. The number of nitriles is 1. The van der Waals surface area contributed by atoms with Gasteiger partial charge in [-0.05, 0) is 42.8 Å². The lowest BCUT2D eigenvalue weighted by Gasteiger charge is -2.09. The predicted octanol–water partition coefficient (Wildman–Crippen LogP) is 3.54. The molecule has 0 atom stereocenters. The van der Waals surface area contributed by atoms with Gasteiger partial charge in [0.2, 0.25) is 0 Å². The molecule has 0 fully saturated rings. The molecule has 0 saturated heterocycles. The number of benzene rings is 2. The molecule has 0 bridgehead atoms. The van der Waals surface area contributed by atoms with Crippen LogP contribution >= 0.6 is 11.6 Å². The van der Waals surface area contributed by atoms with Crippen LogP contribution in [0.25, 0.3) is 0 Å². The third-order valence-corrected chi connectivity index (χ3v) is 3.04. The van der Waals surface area contributed by atoms with Crippen LogP contribution in [-0.2, 0) is 4.79 Å². The quantitative estimate of drug-likeness (QED) is 0.939. The van der Waals surface area contributed by atoms with Crippen LogP contribution < -0.4 is 10.1 Å². The molecule has 1 N–H and O–H groups in total. The summed E-state index contributed by atoms with van der Waals surface area (Å²) in [6.45, 7) is 1.77. The Kier molecular flexibility index (Phi) is 4.81. The van der Waals surface area contributed by atoms with Crippen molar-refractivity contribution >= 4 is 23.2 Å². The van der Waals surface area contributed by atoms with Crippen LogP contribution in [0.3, 0.4) is 0 Å². The minimum absolute atomic E-state index is 0.154. The first-order chi connectivity index (χ1) is 10.1. The van der Waals surface area contributed by atoms with E-state index in [-0.39, 0.29) is 12.5 Å². The maximum Gasteiger partial charge on any atom is 0.262 e. The molecule has 0 heterocycles. The minimum Gasteiger partial charge on any atom is -0.484 e. The summed E-state index contributed by atoms with van der Waals surface area (Å²) in [5.41, 5.74) is 2.04. The highest BCUT2D eigenvalue weighted by atomic mass is 35.5. The lowest BCUT2D eigenvalue weighted by Crippen LogP contribution is -2.20. The van der Waals surface area contributed by atoms with Gasteiger partial charge in [-0.1, -0.05) is 23.7 Å². The summed E-state index contributed by atoms with van der Waals surface area (Å²) in [6.07, 6.45) is 0. The number of hydrogen-bond acceptors (Lipinski definition) is 3. The number of nitrogens with zero attached hydrogens (tertiary/aromatic N) is 1. The van der Waals surface area contributed by atoms with E-state index in [0.29, 0.717) is 22.0 Å². The van der Waals surface area contributed by atoms with E-state index in [1.54, 1.807) is 36.4 Å². The Labute approximate surface area is 127 Å². The molecule has 1 amide bonds. The second-order valence-corrected chi connectivity index (χ2v) is 4.87. The molecule has 106 valence electrons. The SMILES string of the molecule is Cc1ccc(NC(=O)COc2cccc(C#N)c2)c(Cl)c1. The van der Waals surface area contributed by atoms with Crippen molar-refractivity contribution in [3.05, 3.63) is 58.6 Å². The fourth-order valence-corrected chi connectivity index (χ4v) is 1.99. The first-order valence-electron chi connectivity index (χ1n) is 6.27. The second-order valence-electron chi connectivity index (χ2n) is 4.46. The van der Waals surface area contributed by atoms with Gasteiger partial charge in [-0.25, -0.2) is 0 Å². The first-order valence-corrected chi connectivity index (χ1v) is 6.65. The molecule has 0 aromatic heterocycles. The van der Waals surface area contributed by atoms with Gasteiger partial charge in [0.25, 0.3) is 5.91 Å². The van der Waals surface area contributed by atoms with Crippen LogP contribution in [-0.4, -0.2) is 12.5 Å². The number of hydrogen-bond donors (Lipinski definition) is 1. The number of carbonyl (C=O) groups excluding carboxylic acids is 1. The fourth-order valence-electron chi connectivity index (χ4n) is 1.71. The van der Waals surface area contributed by atoms with E-state index in [1.807, 2.05) is 19.1 Å². The van der Waals surface area contributed by atoms with Crippen LogP contribution in [0, 0.1) is 18.3 Å². The summed E-state index contributed by atoms with van der Waals surface area (Å²) in [7, 11) is 0. The third kappa shape index (κ3) is 4.23. The van der Waals surface area contributed by atoms with Crippen LogP contribution in [0.2, 0.25) is 5.02 Å². The molecule has 0 aliphatic heterocycles. The Morgan fingerprint density at radius 1 is 1.33 bits per heavy atom. The van der Waals surface area contributed by atoms with Crippen molar-refractivity contribution in [3.63, 3.8) is 0 Å². The number of aryl methyl sites for hydroxylation is 1. The highest BCUT2D eigenvalue weighted by Crippen LogP contribution is 2.22. The van der Waals surface area contributed by atoms with Crippen molar-refractivity contribution in [1.29, 1.82) is 5.26 Å². The second kappa shape index (κ2) is 6.78. The van der Waals surface area contributed by atoms with E-state index in [1.165, 1.54) is 0 Å². The maximum atomic E-state index is 11.8. The number of amides is 1. The molecule has 0 spiro atoms. The summed E-state index contributed by atoms with van der Waals surface area (Å²) in [4.78, 5) is 11.8. The number of rotatable bonds is 4. The molecule has 0 saturated carbocycles. The largest absolute Gasteiger partial charge is 0.484 e. The number of anilines is 1. The van der Waals surface area contributed by atoms with Gasteiger partial charge in [-0.3, -0.25) is 4.79 Å². The zero-order chi connectivity index (χ0) is 15.2. The Morgan fingerprint density at radius 3 is 2.86 bits per heavy atom. The number of carbonyl (C=O) groups is 1. The van der Waals surface area contributed by atoms with E-state index in [9.17, 15) is 4.79 Å². The summed E-state index contributed by atoms with van der Waals surface area (Å²) >= 11 is 6.04. The van der Waals surface area contributed by atoms with E-state index >= 15 is 0 Å². The normalized spacial score (nSPS) is 9.76. The van der Waals surface area contributed by atoms with Gasteiger partial charge in [-0.15, -0.1) is 0 Å². The van der Waals surface area contributed by atoms with Crippen molar-refractivity contribution in [2.45, 2.75) is 6.92 Å². The standard InChI is InChI=1S/C16H13ClN2O2/c1-11-5-6-15(14(17)7-11)19-16(20)10-21-13-4-2-3-12(8-13)9-18/h2-8H,10H2,1H3,(H,19,20). The van der Waals surface area contributed by atoms with Crippen molar-refractivity contribution in [2.75, 3.05) is 11.9 Å². The van der Waals surface area contributed by atoms with E-state index < -0.39 is 0 Å². The molecule has 0 aliphatic rings. The molecule has 21 heavy (non-hydrogen) atoms. The Hall–Kier alpha value is -2.51. The van der Waals surface area contributed by atoms with Crippen LogP contribution in [0.15, 0.2) is 42.5 Å². The molecule has 2 rings (SSSR count). The molecule has 4 nitrogen and oxygen atoms in total. The maximum absolute atomic E-state index is 11.8. The third-order valence-electron chi connectivity index (χ3n) is 2.73. The van der Waals surface area contributed by atoms with Gasteiger partial charge < -0.3 is 10.1 Å². The van der Waals surface area contributed by atoms with Crippen LogP contribution in [0.1, 0.15) is 11.1 Å². The van der Waals surface area contributed by atoms with Gasteiger partial charge in [0.15, 0.2) is 6.61 Å². The van der Waals surface area contributed by atoms with Crippen molar-refractivity contribution in [1.82, 2.24) is 0 Å². The Morgan fingerprint density at radius 2 is 2.14 bits per heavy atom. The van der Waals surface area contributed by atoms with Gasteiger partial charge in [-0.2, -0.15) is 5.26 Å². The molecule has 2 aromatic rings. The van der Waals surface area contributed by atoms with Crippen LogP contribution in [0.4, 0.5) is 5.69 Å². The molecule has 0 aliphatic carbocycles. The van der Waals surface area contributed by atoms with Gasteiger partial charge >= 0.3 is 0 Å². The fraction of sp³-hybridized carbons (Fsp3) is 0.125. The summed E-state index contributed by atoms with van der Waals surface area (Å²) in [5, 5.41) is 11.9. The molecular formula is C16H13ClN2O2. The number of halogens is 1. The molecule has 0 unspecified atom stereocenters. The first kappa shape index (κ1) is 14.9.